The van der Waals surface area contributed by atoms with E-state index in [4.69, 9.17) is 0 Å². The van der Waals surface area contributed by atoms with E-state index in [0.717, 1.165) is 12.1 Å². The van der Waals surface area contributed by atoms with Crippen LogP contribution >= 0.6 is 0 Å². The molecule has 0 aliphatic carbocycles. The molecule has 0 aliphatic heterocycles. The average Bonchev–Trinajstić information content (AvgIpc) is 2.68. The van der Waals surface area contributed by atoms with E-state index >= 15 is 0 Å². The highest BCUT2D eigenvalue weighted by molar-refractivity contribution is 6.04. The van der Waals surface area contributed by atoms with Crippen LogP contribution in [0.4, 0.5) is 30.2 Å². The minimum atomic E-state index is -4.50. The number of amides is 1. The molecule has 8 heteroatoms. The van der Waals surface area contributed by atoms with Gasteiger partial charge in [0.1, 0.15) is 0 Å². The van der Waals surface area contributed by atoms with Gasteiger partial charge in [0.2, 0.25) is 0 Å². The summed E-state index contributed by atoms with van der Waals surface area (Å²) >= 11 is 0. The summed E-state index contributed by atoms with van der Waals surface area (Å²) in [4.78, 5) is 27.7. The number of rotatable bonds is 5. The zero-order valence-electron chi connectivity index (χ0n) is 15.2. The second-order valence-electron chi connectivity index (χ2n) is 6.25. The van der Waals surface area contributed by atoms with Crippen LogP contribution in [0.15, 0.2) is 67.0 Å². The summed E-state index contributed by atoms with van der Waals surface area (Å²) in [5.74, 6) is -0.640. The van der Waals surface area contributed by atoms with Gasteiger partial charge >= 0.3 is 6.18 Å². The van der Waals surface area contributed by atoms with Gasteiger partial charge in [-0.3, -0.25) is 14.6 Å². The highest BCUT2D eigenvalue weighted by Gasteiger charge is 2.30. The van der Waals surface area contributed by atoms with Crippen molar-refractivity contribution in [2.24, 2.45) is 0 Å². The molecule has 1 aromatic heterocycles. The van der Waals surface area contributed by atoms with Crippen molar-refractivity contribution < 1.29 is 22.8 Å². The fraction of sp³-hybridized carbons (Fsp3) is 0.0952. The Labute approximate surface area is 164 Å². The number of Topliss-reactive ketones (excluding diaryl/α,β-unsaturated/α-hetero) is 1. The molecule has 0 radical (unpaired) electrons. The molecular formula is C21H16F3N3O2. The average molecular weight is 399 g/mol. The molecule has 0 unspecified atom stereocenters. The van der Waals surface area contributed by atoms with Crippen LogP contribution in [0.3, 0.4) is 0 Å². The Morgan fingerprint density at radius 3 is 2.24 bits per heavy atom. The van der Waals surface area contributed by atoms with Gasteiger partial charge in [-0.25, -0.2) is 0 Å². The van der Waals surface area contributed by atoms with Gasteiger partial charge in [-0.05, 0) is 55.5 Å². The molecule has 3 rings (SSSR count). The molecule has 0 atom stereocenters. The summed E-state index contributed by atoms with van der Waals surface area (Å²) in [6.07, 6.45) is -1.68. The maximum absolute atomic E-state index is 12.8. The van der Waals surface area contributed by atoms with E-state index in [1.807, 2.05) is 0 Å². The van der Waals surface area contributed by atoms with Crippen LogP contribution in [0, 0.1) is 0 Å². The maximum Gasteiger partial charge on any atom is 0.416 e. The highest BCUT2D eigenvalue weighted by atomic mass is 19.4. The van der Waals surface area contributed by atoms with Crippen molar-refractivity contribution >= 4 is 28.8 Å². The lowest BCUT2D eigenvalue weighted by Gasteiger charge is -2.11. The van der Waals surface area contributed by atoms with E-state index in [1.54, 1.807) is 24.3 Å². The second kappa shape index (κ2) is 8.14. The number of pyridine rings is 1. The topological polar surface area (TPSA) is 71.1 Å². The molecule has 2 N–H and O–H groups in total. The molecule has 0 saturated carbocycles. The van der Waals surface area contributed by atoms with Crippen molar-refractivity contribution in [2.75, 3.05) is 10.6 Å². The van der Waals surface area contributed by atoms with Gasteiger partial charge < -0.3 is 10.6 Å². The maximum atomic E-state index is 12.8. The van der Waals surface area contributed by atoms with Crippen LogP contribution in [0.5, 0.6) is 0 Å². The molecule has 1 heterocycles. The SMILES string of the molecule is CC(=O)c1ccc(Nc2cncc(C(=O)Nc3cccc(C(F)(F)F)c3)c2)cc1. The molecule has 3 aromatic rings. The van der Waals surface area contributed by atoms with Crippen LogP contribution in [-0.4, -0.2) is 16.7 Å². The quantitative estimate of drug-likeness (QED) is 0.571. The Bertz CT molecular complexity index is 1050. The van der Waals surface area contributed by atoms with E-state index in [1.165, 1.54) is 37.5 Å². The highest BCUT2D eigenvalue weighted by Crippen LogP contribution is 2.30. The molecule has 1 amide bonds. The zero-order chi connectivity index (χ0) is 21.0. The van der Waals surface area contributed by atoms with Gasteiger partial charge in [0.15, 0.2) is 5.78 Å². The van der Waals surface area contributed by atoms with Crippen LogP contribution in [0.1, 0.15) is 33.2 Å². The molecule has 148 valence electrons. The van der Waals surface area contributed by atoms with Crippen molar-refractivity contribution in [2.45, 2.75) is 13.1 Å². The van der Waals surface area contributed by atoms with Gasteiger partial charge in [-0.2, -0.15) is 13.2 Å². The van der Waals surface area contributed by atoms with Crippen molar-refractivity contribution in [3.63, 3.8) is 0 Å². The number of halogens is 3. The number of hydrogen-bond donors (Lipinski definition) is 2. The normalized spacial score (nSPS) is 11.0. The Hall–Kier alpha value is -3.68. The number of nitrogens with one attached hydrogen (secondary N) is 2. The number of aromatic nitrogens is 1. The molecule has 0 fully saturated rings. The predicted molar refractivity (Wildman–Crippen MR) is 103 cm³/mol. The Morgan fingerprint density at radius 2 is 1.59 bits per heavy atom. The zero-order valence-corrected chi connectivity index (χ0v) is 15.2. The smallest absolute Gasteiger partial charge is 0.354 e. The first kappa shape index (κ1) is 20.1. The third-order valence-corrected chi connectivity index (χ3v) is 4.03. The number of ketones is 1. The Morgan fingerprint density at radius 1 is 0.862 bits per heavy atom. The third kappa shape index (κ3) is 5.19. The van der Waals surface area contributed by atoms with Crippen LogP contribution < -0.4 is 10.6 Å². The van der Waals surface area contributed by atoms with E-state index in [-0.39, 0.29) is 17.0 Å². The summed E-state index contributed by atoms with van der Waals surface area (Å²) in [7, 11) is 0. The summed E-state index contributed by atoms with van der Waals surface area (Å²) in [6.45, 7) is 1.47. The summed E-state index contributed by atoms with van der Waals surface area (Å²) in [6, 6.07) is 12.7. The lowest BCUT2D eigenvalue weighted by atomic mass is 10.1. The fourth-order valence-corrected chi connectivity index (χ4v) is 2.56. The molecular weight excluding hydrogens is 383 g/mol. The molecule has 0 bridgehead atoms. The van der Waals surface area contributed by atoms with E-state index in [9.17, 15) is 22.8 Å². The van der Waals surface area contributed by atoms with Crippen LogP contribution in [0.25, 0.3) is 0 Å². The number of hydrogen-bond acceptors (Lipinski definition) is 4. The standard InChI is InChI=1S/C21H16F3N3O2/c1-13(28)14-5-7-17(8-6-14)26-19-9-15(11-25-12-19)20(29)27-18-4-2-3-16(10-18)21(22,23)24/h2-12,26H,1H3,(H,27,29). The molecule has 0 saturated heterocycles. The number of carbonyl (C=O) groups excluding carboxylic acids is 2. The molecule has 5 nitrogen and oxygen atoms in total. The van der Waals surface area contributed by atoms with Crippen LogP contribution in [-0.2, 0) is 6.18 Å². The number of benzene rings is 2. The predicted octanol–water partition coefficient (Wildman–Crippen LogP) is 5.30. The summed E-state index contributed by atoms with van der Waals surface area (Å²) in [5, 5.41) is 5.49. The fourth-order valence-electron chi connectivity index (χ4n) is 2.56. The van der Waals surface area contributed by atoms with Crippen molar-refractivity contribution in [1.29, 1.82) is 0 Å². The van der Waals surface area contributed by atoms with Crippen LogP contribution in [0.2, 0.25) is 0 Å². The molecule has 2 aromatic carbocycles. The summed E-state index contributed by atoms with van der Waals surface area (Å²) < 4.78 is 38.4. The molecule has 0 spiro atoms. The number of nitrogens with zero attached hydrogens (tertiary/aromatic N) is 1. The minimum absolute atomic E-state index is 0.0306. The molecule has 0 aliphatic rings. The van der Waals surface area contributed by atoms with E-state index < -0.39 is 17.6 Å². The third-order valence-electron chi connectivity index (χ3n) is 4.03. The molecule has 29 heavy (non-hydrogen) atoms. The van der Waals surface area contributed by atoms with Crippen molar-refractivity contribution in [3.05, 3.63) is 83.7 Å². The number of carbonyl (C=O) groups is 2. The Balaban J connectivity index is 1.73. The lowest BCUT2D eigenvalue weighted by molar-refractivity contribution is -0.137. The lowest BCUT2D eigenvalue weighted by Crippen LogP contribution is -2.13. The van der Waals surface area contributed by atoms with E-state index in [0.29, 0.717) is 16.9 Å². The number of anilines is 3. The first-order chi connectivity index (χ1) is 13.7. The largest absolute Gasteiger partial charge is 0.416 e. The monoisotopic (exact) mass is 399 g/mol. The first-order valence-electron chi connectivity index (χ1n) is 8.54. The minimum Gasteiger partial charge on any atom is -0.354 e. The van der Waals surface area contributed by atoms with Gasteiger partial charge in [0.25, 0.3) is 5.91 Å². The van der Waals surface area contributed by atoms with Gasteiger partial charge in [0, 0.05) is 23.1 Å². The van der Waals surface area contributed by atoms with Crippen molar-refractivity contribution in [1.82, 2.24) is 4.98 Å². The number of alkyl halides is 3. The second-order valence-corrected chi connectivity index (χ2v) is 6.25. The summed E-state index contributed by atoms with van der Waals surface area (Å²) in [5.41, 5.74) is 1.13. The Kier molecular flexibility index (Phi) is 5.63. The van der Waals surface area contributed by atoms with Gasteiger partial charge in [-0.1, -0.05) is 6.07 Å². The van der Waals surface area contributed by atoms with Gasteiger partial charge in [0.05, 0.1) is 23.0 Å². The van der Waals surface area contributed by atoms with E-state index in [2.05, 4.69) is 15.6 Å². The first-order valence-corrected chi connectivity index (χ1v) is 8.54. The van der Waals surface area contributed by atoms with Crippen molar-refractivity contribution in [3.8, 4) is 0 Å². The van der Waals surface area contributed by atoms with Gasteiger partial charge in [-0.15, -0.1) is 0 Å².